The zero-order valence-corrected chi connectivity index (χ0v) is 6.18. The Morgan fingerprint density at radius 2 is 2.17 bits per heavy atom. The van der Waals surface area contributed by atoms with Gasteiger partial charge in [0.05, 0.1) is 0 Å². The van der Waals surface area contributed by atoms with E-state index in [-0.39, 0.29) is 12.0 Å². The molecule has 62 valence electrons. The standard InChI is InChI=1S/C9H6F2O/c10-9(11)4-7-2-1-6(5-12)3-8(7)9/h1-3,5H,4H2. The number of hydrogen-bond acceptors (Lipinski definition) is 1. The molecule has 0 bridgehead atoms. The number of rotatable bonds is 1. The smallest absolute Gasteiger partial charge is 0.277 e. The van der Waals surface area contributed by atoms with Crippen LogP contribution >= 0.6 is 0 Å². The predicted molar refractivity (Wildman–Crippen MR) is 39.4 cm³/mol. The van der Waals surface area contributed by atoms with Crippen molar-refractivity contribution < 1.29 is 13.6 Å². The minimum absolute atomic E-state index is 0.00657. The van der Waals surface area contributed by atoms with Gasteiger partial charge in [-0.1, -0.05) is 12.1 Å². The van der Waals surface area contributed by atoms with E-state index in [1.807, 2.05) is 0 Å². The molecule has 0 N–H and O–H groups in total. The Labute approximate surface area is 68.0 Å². The number of halogens is 2. The van der Waals surface area contributed by atoms with E-state index in [2.05, 4.69) is 0 Å². The fourth-order valence-corrected chi connectivity index (χ4v) is 1.39. The lowest BCUT2D eigenvalue weighted by Gasteiger charge is -2.29. The first-order valence-corrected chi connectivity index (χ1v) is 3.60. The van der Waals surface area contributed by atoms with E-state index in [0.29, 0.717) is 17.4 Å². The molecule has 0 heterocycles. The highest BCUT2D eigenvalue weighted by Crippen LogP contribution is 2.43. The zero-order valence-electron chi connectivity index (χ0n) is 6.18. The summed E-state index contributed by atoms with van der Waals surface area (Å²) >= 11 is 0. The van der Waals surface area contributed by atoms with Gasteiger partial charge in [0.25, 0.3) is 5.92 Å². The minimum Gasteiger partial charge on any atom is -0.298 e. The molecule has 0 saturated heterocycles. The second-order valence-electron chi connectivity index (χ2n) is 2.92. The van der Waals surface area contributed by atoms with Gasteiger partial charge in [-0.3, -0.25) is 4.79 Å². The number of carbonyl (C=O) groups excluding carboxylic acids is 1. The summed E-state index contributed by atoms with van der Waals surface area (Å²) in [6.45, 7) is 0. The molecule has 0 aliphatic heterocycles. The number of hydrogen-bond donors (Lipinski definition) is 0. The molecule has 0 amide bonds. The molecule has 0 fully saturated rings. The van der Waals surface area contributed by atoms with Crippen LogP contribution in [0.5, 0.6) is 0 Å². The van der Waals surface area contributed by atoms with Crippen molar-refractivity contribution in [3.63, 3.8) is 0 Å². The largest absolute Gasteiger partial charge is 0.298 e. The van der Waals surface area contributed by atoms with Crippen LogP contribution in [0.1, 0.15) is 21.5 Å². The second kappa shape index (κ2) is 2.12. The highest BCUT2D eigenvalue weighted by atomic mass is 19.3. The number of benzene rings is 1. The van der Waals surface area contributed by atoms with Gasteiger partial charge in [-0.2, -0.15) is 0 Å². The fourth-order valence-electron chi connectivity index (χ4n) is 1.39. The molecule has 12 heavy (non-hydrogen) atoms. The first kappa shape index (κ1) is 7.40. The van der Waals surface area contributed by atoms with E-state index in [9.17, 15) is 13.6 Å². The van der Waals surface area contributed by atoms with Crippen LogP contribution in [-0.2, 0) is 12.3 Å². The monoisotopic (exact) mass is 168 g/mol. The normalized spacial score (nSPS) is 17.8. The van der Waals surface area contributed by atoms with Crippen LogP contribution in [0.25, 0.3) is 0 Å². The van der Waals surface area contributed by atoms with Crippen molar-refractivity contribution in [2.45, 2.75) is 12.3 Å². The van der Waals surface area contributed by atoms with Gasteiger partial charge in [-0.15, -0.1) is 0 Å². The maximum Gasteiger partial charge on any atom is 0.277 e. The van der Waals surface area contributed by atoms with Crippen molar-refractivity contribution in [3.8, 4) is 0 Å². The van der Waals surface area contributed by atoms with E-state index >= 15 is 0 Å². The molecule has 1 nitrogen and oxygen atoms in total. The maximum atomic E-state index is 12.7. The van der Waals surface area contributed by atoms with Crippen molar-refractivity contribution in [2.24, 2.45) is 0 Å². The molecular weight excluding hydrogens is 162 g/mol. The molecule has 2 rings (SSSR count). The Balaban J connectivity index is 2.51. The van der Waals surface area contributed by atoms with Crippen molar-refractivity contribution >= 4 is 6.29 Å². The van der Waals surface area contributed by atoms with E-state index in [1.165, 1.54) is 6.07 Å². The molecule has 1 aromatic carbocycles. The van der Waals surface area contributed by atoms with Crippen LogP contribution in [0.3, 0.4) is 0 Å². The molecule has 1 aromatic rings. The van der Waals surface area contributed by atoms with E-state index in [4.69, 9.17) is 0 Å². The first-order valence-electron chi connectivity index (χ1n) is 3.60. The van der Waals surface area contributed by atoms with Gasteiger partial charge in [0.15, 0.2) is 0 Å². The van der Waals surface area contributed by atoms with Crippen molar-refractivity contribution in [1.29, 1.82) is 0 Å². The average Bonchev–Trinajstić information content (AvgIpc) is 2.03. The van der Waals surface area contributed by atoms with Gasteiger partial charge in [0, 0.05) is 17.5 Å². The Bertz CT molecular complexity index is 344. The minimum atomic E-state index is -2.71. The third-order valence-electron chi connectivity index (χ3n) is 2.08. The Morgan fingerprint density at radius 1 is 1.42 bits per heavy atom. The third kappa shape index (κ3) is 0.858. The van der Waals surface area contributed by atoms with Crippen LogP contribution in [0.4, 0.5) is 8.78 Å². The quantitative estimate of drug-likeness (QED) is 0.587. The summed E-state index contributed by atoms with van der Waals surface area (Å²) in [5, 5.41) is 0. The zero-order chi connectivity index (χ0) is 8.77. The van der Waals surface area contributed by atoms with Crippen LogP contribution in [0.2, 0.25) is 0 Å². The second-order valence-corrected chi connectivity index (χ2v) is 2.92. The van der Waals surface area contributed by atoms with E-state index in [0.717, 1.165) is 0 Å². The summed E-state index contributed by atoms with van der Waals surface area (Å²) in [5.74, 6) is -2.71. The number of alkyl halides is 2. The van der Waals surface area contributed by atoms with Gasteiger partial charge >= 0.3 is 0 Å². The van der Waals surface area contributed by atoms with Crippen molar-refractivity contribution in [1.82, 2.24) is 0 Å². The van der Waals surface area contributed by atoms with Gasteiger partial charge < -0.3 is 0 Å². The molecule has 0 atom stereocenters. The lowest BCUT2D eigenvalue weighted by Crippen LogP contribution is -2.29. The third-order valence-corrected chi connectivity index (χ3v) is 2.08. The van der Waals surface area contributed by atoms with E-state index < -0.39 is 5.92 Å². The van der Waals surface area contributed by atoms with Gasteiger partial charge in [-0.05, 0) is 11.6 Å². The predicted octanol–water partition coefficient (Wildman–Crippen LogP) is 2.15. The van der Waals surface area contributed by atoms with Gasteiger partial charge in [-0.25, -0.2) is 8.78 Å². The van der Waals surface area contributed by atoms with Crippen LogP contribution in [0.15, 0.2) is 18.2 Å². The van der Waals surface area contributed by atoms with Gasteiger partial charge in [0.1, 0.15) is 6.29 Å². The van der Waals surface area contributed by atoms with Crippen molar-refractivity contribution in [3.05, 3.63) is 34.9 Å². The molecule has 0 saturated carbocycles. The lowest BCUT2D eigenvalue weighted by molar-refractivity contribution is -0.0287. The fraction of sp³-hybridized carbons (Fsp3) is 0.222. The number of aldehydes is 1. The molecule has 1 aliphatic carbocycles. The summed E-state index contributed by atoms with van der Waals surface area (Å²) in [6.07, 6.45) is 0.385. The lowest BCUT2D eigenvalue weighted by atomic mass is 9.83. The Kier molecular flexibility index (Phi) is 1.31. The van der Waals surface area contributed by atoms with Crippen LogP contribution in [-0.4, -0.2) is 6.29 Å². The summed E-state index contributed by atoms with van der Waals surface area (Å²) in [6, 6.07) is 4.39. The summed E-state index contributed by atoms with van der Waals surface area (Å²) in [5.41, 5.74) is 0.964. The molecular formula is C9H6F2O. The molecule has 0 radical (unpaired) electrons. The molecule has 0 unspecified atom stereocenters. The Morgan fingerprint density at radius 3 is 2.75 bits per heavy atom. The van der Waals surface area contributed by atoms with Crippen LogP contribution in [0, 0.1) is 0 Å². The molecule has 3 heteroatoms. The summed E-state index contributed by atoms with van der Waals surface area (Å²) in [7, 11) is 0. The number of fused-ring (bicyclic) bond motifs is 1. The maximum absolute atomic E-state index is 12.7. The highest BCUT2D eigenvalue weighted by Gasteiger charge is 2.43. The SMILES string of the molecule is O=Cc1ccc2c(c1)C(F)(F)C2. The van der Waals surface area contributed by atoms with Crippen LogP contribution < -0.4 is 0 Å². The molecule has 0 aromatic heterocycles. The highest BCUT2D eigenvalue weighted by molar-refractivity contribution is 5.76. The van der Waals surface area contributed by atoms with Gasteiger partial charge in [0.2, 0.25) is 0 Å². The number of carbonyl (C=O) groups is 1. The van der Waals surface area contributed by atoms with Crippen molar-refractivity contribution in [2.75, 3.05) is 0 Å². The average molecular weight is 168 g/mol. The summed E-state index contributed by atoms with van der Waals surface area (Å²) in [4.78, 5) is 10.3. The molecule has 0 spiro atoms. The molecule has 1 aliphatic rings. The van der Waals surface area contributed by atoms with E-state index in [1.54, 1.807) is 12.1 Å². The summed E-state index contributed by atoms with van der Waals surface area (Å²) < 4.78 is 25.5. The first-order chi connectivity index (χ1) is 5.63. The topological polar surface area (TPSA) is 17.1 Å². The Hall–Kier alpha value is -1.25.